The second-order valence-electron chi connectivity index (χ2n) is 7.15. The number of hydrogen-bond donors (Lipinski definition) is 1. The minimum absolute atomic E-state index is 0.153. The van der Waals surface area contributed by atoms with E-state index in [1.54, 1.807) is 30.3 Å². The van der Waals surface area contributed by atoms with Gasteiger partial charge in [0.2, 0.25) is 0 Å². The van der Waals surface area contributed by atoms with Crippen molar-refractivity contribution in [3.8, 4) is 17.9 Å². The number of benzene rings is 3. The van der Waals surface area contributed by atoms with E-state index in [1.165, 1.54) is 0 Å². The van der Waals surface area contributed by atoms with Gasteiger partial charge in [-0.1, -0.05) is 47.5 Å². The number of H-pyrrole nitrogens is 1. The topological polar surface area (TPSA) is 85.5 Å². The maximum Gasteiger partial charge on any atom is 0.157 e. The number of fused-ring (bicyclic) bond motifs is 1. The maximum atomic E-state index is 9.68. The van der Waals surface area contributed by atoms with Gasteiger partial charge in [-0.25, -0.2) is 4.98 Å². The summed E-state index contributed by atoms with van der Waals surface area (Å²) in [5, 5.41) is 19.5. The summed E-state index contributed by atoms with van der Waals surface area (Å²) in [6.45, 7) is 2.15. The Balaban J connectivity index is 1.62. The Hall–Kier alpha value is -3.77. The van der Waals surface area contributed by atoms with Crippen LogP contribution >= 0.6 is 23.2 Å². The first-order valence-corrected chi connectivity index (χ1v) is 10.4. The molecule has 4 aromatic rings. The van der Waals surface area contributed by atoms with Gasteiger partial charge in [0.05, 0.1) is 38.3 Å². The molecule has 3 aromatic carbocycles. The molecule has 0 aliphatic heterocycles. The van der Waals surface area contributed by atoms with Crippen molar-refractivity contribution >= 4 is 45.9 Å². The zero-order valence-corrected chi connectivity index (χ0v) is 18.5. The normalized spacial score (nSPS) is 11.2. The van der Waals surface area contributed by atoms with Crippen molar-refractivity contribution in [3.05, 3.63) is 92.7 Å². The van der Waals surface area contributed by atoms with Crippen LogP contribution < -0.4 is 4.74 Å². The van der Waals surface area contributed by atoms with Crippen LogP contribution in [-0.4, -0.2) is 9.97 Å². The highest BCUT2D eigenvalue weighted by atomic mass is 35.5. The van der Waals surface area contributed by atoms with E-state index in [9.17, 15) is 10.5 Å². The summed E-state index contributed by atoms with van der Waals surface area (Å²) in [5.41, 5.74) is 4.99. The molecule has 7 heteroatoms. The lowest BCUT2D eigenvalue weighted by atomic mass is 10.1. The second-order valence-corrected chi connectivity index (χ2v) is 7.96. The Bertz CT molecular complexity index is 1420. The highest BCUT2D eigenvalue weighted by Crippen LogP contribution is 2.36. The van der Waals surface area contributed by atoms with Crippen molar-refractivity contribution < 1.29 is 4.74 Å². The molecule has 0 bridgehead atoms. The Morgan fingerprint density at radius 3 is 2.56 bits per heavy atom. The molecular weight excluding hydrogens is 443 g/mol. The molecule has 1 N–H and O–H groups in total. The van der Waals surface area contributed by atoms with Crippen LogP contribution in [-0.2, 0) is 6.61 Å². The van der Waals surface area contributed by atoms with Crippen LogP contribution in [0.25, 0.3) is 22.7 Å². The first-order chi connectivity index (χ1) is 15.5. The molecule has 0 atom stereocenters. The third kappa shape index (κ3) is 4.45. The predicted octanol–water partition coefficient (Wildman–Crippen LogP) is 6.69. The van der Waals surface area contributed by atoms with Gasteiger partial charge in [-0.05, 0) is 54.5 Å². The third-order valence-corrected chi connectivity index (χ3v) is 5.42. The average Bonchev–Trinajstić information content (AvgIpc) is 3.20. The molecule has 32 heavy (non-hydrogen) atoms. The fourth-order valence-electron chi connectivity index (χ4n) is 3.28. The number of nitrogens with zero attached hydrogens (tertiary/aromatic N) is 3. The standard InChI is InChI=1S/C25H16Cl2N4O/c1-15-6-7-22-23(8-15)31-25(30-22)19(13-29)9-16-10-20(26)24(21(27)11-16)32-14-18-5-3-2-4-17(18)12-28/h2-11H,14H2,1H3,(H,30,31). The van der Waals surface area contributed by atoms with Gasteiger partial charge in [-0.3, -0.25) is 0 Å². The van der Waals surface area contributed by atoms with E-state index < -0.39 is 0 Å². The van der Waals surface area contributed by atoms with Crippen molar-refractivity contribution in [1.29, 1.82) is 10.5 Å². The monoisotopic (exact) mass is 458 g/mol. The summed E-state index contributed by atoms with van der Waals surface area (Å²) in [7, 11) is 0. The Labute approximate surface area is 195 Å². The number of aromatic nitrogens is 2. The number of halogens is 2. The van der Waals surface area contributed by atoms with Crippen LogP contribution in [0.4, 0.5) is 0 Å². The van der Waals surface area contributed by atoms with Crippen molar-refractivity contribution in [1.82, 2.24) is 9.97 Å². The molecule has 0 saturated carbocycles. The van der Waals surface area contributed by atoms with E-state index in [0.29, 0.717) is 38.3 Å². The van der Waals surface area contributed by atoms with E-state index in [1.807, 2.05) is 37.3 Å². The molecule has 0 saturated heterocycles. The Kier molecular flexibility index (Phi) is 6.14. The van der Waals surface area contributed by atoms with E-state index in [0.717, 1.165) is 22.2 Å². The Morgan fingerprint density at radius 1 is 1.09 bits per heavy atom. The number of nitrogens with one attached hydrogen (secondary N) is 1. The largest absolute Gasteiger partial charge is 0.486 e. The van der Waals surface area contributed by atoms with Gasteiger partial charge in [0.25, 0.3) is 0 Å². The molecule has 0 aliphatic rings. The fourth-order valence-corrected chi connectivity index (χ4v) is 3.89. The quantitative estimate of drug-likeness (QED) is 0.337. The average molecular weight is 459 g/mol. The highest BCUT2D eigenvalue weighted by molar-refractivity contribution is 6.37. The van der Waals surface area contributed by atoms with Crippen LogP contribution in [0, 0.1) is 29.6 Å². The summed E-state index contributed by atoms with van der Waals surface area (Å²) >= 11 is 12.8. The van der Waals surface area contributed by atoms with Crippen LogP contribution in [0.3, 0.4) is 0 Å². The van der Waals surface area contributed by atoms with Crippen LogP contribution in [0.5, 0.6) is 5.75 Å². The molecule has 0 amide bonds. The molecule has 5 nitrogen and oxygen atoms in total. The fraction of sp³-hybridized carbons (Fsp3) is 0.0800. The molecule has 0 radical (unpaired) electrons. The van der Waals surface area contributed by atoms with E-state index >= 15 is 0 Å². The molecule has 0 fully saturated rings. The van der Waals surface area contributed by atoms with Crippen LogP contribution in [0.1, 0.15) is 28.1 Å². The number of allylic oxidation sites excluding steroid dienone is 1. The van der Waals surface area contributed by atoms with Gasteiger partial charge in [0.1, 0.15) is 18.5 Å². The number of aryl methyl sites for hydroxylation is 1. The van der Waals surface area contributed by atoms with E-state index in [4.69, 9.17) is 27.9 Å². The van der Waals surface area contributed by atoms with E-state index in [-0.39, 0.29) is 6.61 Å². The smallest absolute Gasteiger partial charge is 0.157 e. The van der Waals surface area contributed by atoms with Gasteiger partial charge in [-0.15, -0.1) is 0 Å². The number of nitriles is 2. The number of imidazole rings is 1. The molecule has 156 valence electrons. The first kappa shape index (κ1) is 21.5. The Morgan fingerprint density at radius 2 is 1.84 bits per heavy atom. The molecular formula is C25H16Cl2N4O. The minimum Gasteiger partial charge on any atom is -0.486 e. The SMILES string of the molecule is Cc1ccc2nc(C(C#N)=Cc3cc(Cl)c(OCc4ccccc4C#N)c(Cl)c3)[nH]c2c1. The lowest BCUT2D eigenvalue weighted by Crippen LogP contribution is -1.99. The number of hydrogen-bond acceptors (Lipinski definition) is 4. The first-order valence-electron chi connectivity index (χ1n) is 9.67. The van der Waals surface area contributed by atoms with Crippen molar-refractivity contribution in [2.24, 2.45) is 0 Å². The molecule has 1 heterocycles. The zero-order chi connectivity index (χ0) is 22.7. The second kappa shape index (κ2) is 9.16. The summed E-state index contributed by atoms with van der Waals surface area (Å²) in [6, 6.07) is 20.7. The number of aromatic amines is 1. The third-order valence-electron chi connectivity index (χ3n) is 4.85. The maximum absolute atomic E-state index is 9.68. The summed E-state index contributed by atoms with van der Waals surface area (Å²) in [5.74, 6) is 0.782. The molecule has 0 unspecified atom stereocenters. The van der Waals surface area contributed by atoms with Gasteiger partial charge in [0, 0.05) is 5.56 Å². The summed E-state index contributed by atoms with van der Waals surface area (Å²) in [6.07, 6.45) is 1.66. The van der Waals surface area contributed by atoms with Crippen molar-refractivity contribution in [2.75, 3.05) is 0 Å². The summed E-state index contributed by atoms with van der Waals surface area (Å²) in [4.78, 5) is 7.68. The zero-order valence-electron chi connectivity index (χ0n) is 17.0. The predicted molar refractivity (Wildman–Crippen MR) is 126 cm³/mol. The van der Waals surface area contributed by atoms with Crippen molar-refractivity contribution in [3.63, 3.8) is 0 Å². The van der Waals surface area contributed by atoms with Gasteiger partial charge >= 0.3 is 0 Å². The lowest BCUT2D eigenvalue weighted by molar-refractivity contribution is 0.306. The van der Waals surface area contributed by atoms with E-state index in [2.05, 4.69) is 22.1 Å². The molecule has 0 spiro atoms. The van der Waals surface area contributed by atoms with Crippen LogP contribution in [0.2, 0.25) is 10.0 Å². The highest BCUT2D eigenvalue weighted by Gasteiger charge is 2.13. The summed E-state index contributed by atoms with van der Waals surface area (Å²) < 4.78 is 5.80. The lowest BCUT2D eigenvalue weighted by Gasteiger charge is -2.12. The van der Waals surface area contributed by atoms with Gasteiger partial charge < -0.3 is 9.72 Å². The van der Waals surface area contributed by atoms with Gasteiger partial charge in [0.15, 0.2) is 5.75 Å². The van der Waals surface area contributed by atoms with Crippen molar-refractivity contribution in [2.45, 2.75) is 13.5 Å². The molecule has 1 aromatic heterocycles. The molecule has 4 rings (SSSR count). The molecule has 0 aliphatic carbocycles. The number of ether oxygens (including phenoxy) is 1. The minimum atomic E-state index is 0.153. The van der Waals surface area contributed by atoms with Gasteiger partial charge in [-0.2, -0.15) is 10.5 Å². The number of rotatable bonds is 5. The van der Waals surface area contributed by atoms with Crippen LogP contribution in [0.15, 0.2) is 54.6 Å².